The molecule has 0 aromatic carbocycles. The van der Waals surface area contributed by atoms with Crippen molar-refractivity contribution >= 4 is 11.8 Å². The van der Waals surface area contributed by atoms with Crippen molar-refractivity contribution in [2.24, 2.45) is 0 Å². The predicted molar refractivity (Wildman–Crippen MR) is 91.7 cm³/mol. The van der Waals surface area contributed by atoms with Crippen molar-refractivity contribution in [1.29, 1.82) is 0 Å². The number of anilines is 2. The average molecular weight is 337 g/mol. The molecular weight excluding hydrogens is 321 g/mol. The third-order valence-electron chi connectivity index (χ3n) is 4.08. The van der Waals surface area contributed by atoms with E-state index in [-0.39, 0.29) is 0 Å². The van der Waals surface area contributed by atoms with Crippen LogP contribution in [0.5, 0.6) is 0 Å². The Kier molecular flexibility index (Phi) is 4.16. The Balaban J connectivity index is 1.49. The summed E-state index contributed by atoms with van der Waals surface area (Å²) >= 11 is 0. The van der Waals surface area contributed by atoms with Crippen molar-refractivity contribution in [2.75, 3.05) is 36.0 Å². The van der Waals surface area contributed by atoms with Crippen LogP contribution in [-0.2, 0) is 0 Å². The summed E-state index contributed by atoms with van der Waals surface area (Å²) in [7, 11) is 0. The van der Waals surface area contributed by atoms with Crippen molar-refractivity contribution in [2.45, 2.75) is 0 Å². The fourth-order valence-corrected chi connectivity index (χ4v) is 2.81. The quantitative estimate of drug-likeness (QED) is 0.721. The van der Waals surface area contributed by atoms with Gasteiger partial charge in [-0.3, -0.25) is 4.98 Å². The van der Waals surface area contributed by atoms with Crippen LogP contribution in [0.2, 0.25) is 0 Å². The lowest BCUT2D eigenvalue weighted by Crippen LogP contribution is -2.47. The Bertz CT molecular complexity index is 850. The van der Waals surface area contributed by atoms with Crippen LogP contribution >= 0.6 is 0 Å². The van der Waals surface area contributed by atoms with Gasteiger partial charge >= 0.3 is 0 Å². The highest BCUT2D eigenvalue weighted by atomic mass is 19.1. The molecule has 8 heteroatoms. The van der Waals surface area contributed by atoms with Crippen LogP contribution in [0.25, 0.3) is 11.4 Å². The molecule has 1 aliphatic heterocycles. The van der Waals surface area contributed by atoms with Gasteiger partial charge < -0.3 is 9.80 Å². The molecule has 0 N–H and O–H groups in total. The molecule has 0 amide bonds. The molecule has 0 unspecified atom stereocenters. The largest absolute Gasteiger partial charge is 0.351 e. The molecule has 25 heavy (non-hydrogen) atoms. The first-order valence-electron chi connectivity index (χ1n) is 8.01. The highest BCUT2D eigenvalue weighted by Gasteiger charge is 2.22. The summed E-state index contributed by atoms with van der Waals surface area (Å²) in [5.41, 5.74) is 1.60. The molecule has 1 aliphatic rings. The second-order valence-electron chi connectivity index (χ2n) is 5.63. The van der Waals surface area contributed by atoms with Crippen LogP contribution in [0.1, 0.15) is 0 Å². The molecule has 3 aromatic rings. The predicted octanol–water partition coefficient (Wildman–Crippen LogP) is 1.79. The van der Waals surface area contributed by atoms with Gasteiger partial charge in [-0.25, -0.2) is 24.3 Å². The average Bonchev–Trinajstić information content (AvgIpc) is 2.69. The highest BCUT2D eigenvalue weighted by Crippen LogP contribution is 2.20. The van der Waals surface area contributed by atoms with Crippen molar-refractivity contribution in [3.63, 3.8) is 0 Å². The Morgan fingerprint density at radius 3 is 2.44 bits per heavy atom. The van der Waals surface area contributed by atoms with Gasteiger partial charge in [0, 0.05) is 38.6 Å². The first-order valence-corrected chi connectivity index (χ1v) is 8.01. The third-order valence-corrected chi connectivity index (χ3v) is 4.08. The van der Waals surface area contributed by atoms with Crippen LogP contribution in [-0.4, -0.2) is 51.1 Å². The number of pyridine rings is 1. The van der Waals surface area contributed by atoms with Crippen molar-refractivity contribution in [1.82, 2.24) is 24.9 Å². The van der Waals surface area contributed by atoms with E-state index >= 15 is 0 Å². The van der Waals surface area contributed by atoms with Gasteiger partial charge in [-0.05, 0) is 18.2 Å². The second kappa shape index (κ2) is 6.76. The van der Waals surface area contributed by atoms with E-state index in [0.29, 0.717) is 37.9 Å². The molecule has 126 valence electrons. The van der Waals surface area contributed by atoms with Gasteiger partial charge in [0.25, 0.3) is 0 Å². The van der Waals surface area contributed by atoms with E-state index < -0.39 is 5.82 Å². The molecule has 4 heterocycles. The molecule has 0 atom stereocenters. The highest BCUT2D eigenvalue weighted by molar-refractivity contribution is 5.55. The number of nitrogens with zero attached hydrogens (tertiary/aromatic N) is 7. The van der Waals surface area contributed by atoms with E-state index in [2.05, 4.69) is 29.8 Å². The zero-order valence-electron chi connectivity index (χ0n) is 13.5. The fraction of sp³-hybridized carbons (Fsp3) is 0.235. The minimum Gasteiger partial charge on any atom is -0.351 e. The smallest absolute Gasteiger partial charge is 0.226 e. The lowest BCUT2D eigenvalue weighted by molar-refractivity contribution is 0.579. The lowest BCUT2D eigenvalue weighted by Gasteiger charge is -2.35. The topological polar surface area (TPSA) is 70.9 Å². The van der Waals surface area contributed by atoms with Gasteiger partial charge in [-0.2, -0.15) is 0 Å². The number of halogens is 1. The van der Waals surface area contributed by atoms with E-state index in [9.17, 15) is 4.39 Å². The van der Waals surface area contributed by atoms with Crippen LogP contribution in [0, 0.1) is 5.82 Å². The maximum absolute atomic E-state index is 13.8. The minimum absolute atomic E-state index is 0.345. The van der Waals surface area contributed by atoms with Crippen molar-refractivity contribution in [3.8, 4) is 11.4 Å². The van der Waals surface area contributed by atoms with E-state index in [1.165, 1.54) is 12.5 Å². The molecular formula is C17H16FN7. The zero-order valence-corrected chi connectivity index (χ0v) is 13.5. The van der Waals surface area contributed by atoms with Crippen LogP contribution in [0.3, 0.4) is 0 Å². The normalized spacial score (nSPS) is 14.6. The summed E-state index contributed by atoms with van der Waals surface area (Å²) in [6.07, 6.45) is 6.04. The Morgan fingerprint density at radius 2 is 1.68 bits per heavy atom. The van der Waals surface area contributed by atoms with E-state index in [1.54, 1.807) is 12.4 Å². The summed E-state index contributed by atoms with van der Waals surface area (Å²) in [6, 6.07) is 7.57. The van der Waals surface area contributed by atoms with Gasteiger partial charge in [0.2, 0.25) is 5.95 Å². The third kappa shape index (κ3) is 3.23. The molecule has 0 bridgehead atoms. The second-order valence-corrected chi connectivity index (χ2v) is 5.63. The molecule has 7 nitrogen and oxygen atoms in total. The van der Waals surface area contributed by atoms with Crippen LogP contribution in [0.15, 0.2) is 49.2 Å². The van der Waals surface area contributed by atoms with E-state index in [4.69, 9.17) is 0 Å². The Labute approximate surface area is 144 Å². The molecule has 1 fully saturated rings. The van der Waals surface area contributed by atoms with Crippen molar-refractivity contribution < 1.29 is 4.39 Å². The summed E-state index contributed by atoms with van der Waals surface area (Å²) < 4.78 is 13.8. The molecule has 3 aromatic heterocycles. The first-order chi connectivity index (χ1) is 12.3. The number of rotatable bonds is 3. The first kappa shape index (κ1) is 15.4. The Hall–Kier alpha value is -3.16. The van der Waals surface area contributed by atoms with Gasteiger partial charge in [-0.1, -0.05) is 6.07 Å². The van der Waals surface area contributed by atoms with Gasteiger partial charge in [0.1, 0.15) is 6.33 Å². The Morgan fingerprint density at radius 1 is 0.840 bits per heavy atom. The number of hydrogen-bond donors (Lipinski definition) is 0. The number of hydrogen-bond acceptors (Lipinski definition) is 7. The number of aromatic nitrogens is 5. The van der Waals surface area contributed by atoms with Crippen LogP contribution in [0.4, 0.5) is 16.2 Å². The summed E-state index contributed by atoms with van der Waals surface area (Å²) in [6.45, 7) is 2.67. The summed E-state index contributed by atoms with van der Waals surface area (Å²) in [5, 5.41) is 0. The summed E-state index contributed by atoms with van der Waals surface area (Å²) in [5.74, 6) is 0.605. The van der Waals surface area contributed by atoms with Crippen molar-refractivity contribution in [3.05, 3.63) is 55.0 Å². The zero-order chi connectivity index (χ0) is 17.1. The van der Waals surface area contributed by atoms with E-state index in [1.807, 2.05) is 29.2 Å². The summed E-state index contributed by atoms with van der Waals surface area (Å²) in [4.78, 5) is 25.0. The monoisotopic (exact) mass is 337 g/mol. The minimum atomic E-state index is -0.399. The van der Waals surface area contributed by atoms with Gasteiger partial charge in [0.15, 0.2) is 11.6 Å². The number of piperazine rings is 1. The molecule has 0 radical (unpaired) electrons. The molecule has 1 saturated heterocycles. The van der Waals surface area contributed by atoms with Crippen LogP contribution < -0.4 is 9.80 Å². The standard InChI is InChI=1S/C17H16FN7/c18-13-11-19-12-22-16(13)24-7-9-25(10-8-24)17-21-6-4-15(23-17)14-3-1-2-5-20-14/h1-6,11-12H,7-10H2. The van der Waals surface area contributed by atoms with Gasteiger partial charge in [0.05, 0.1) is 17.6 Å². The SMILES string of the molecule is Fc1cncnc1N1CCN(c2nccc(-c3ccccn3)n2)CC1. The molecule has 4 rings (SSSR count). The van der Waals surface area contributed by atoms with Gasteiger partial charge in [-0.15, -0.1) is 0 Å². The lowest BCUT2D eigenvalue weighted by atomic mass is 10.2. The fourth-order valence-electron chi connectivity index (χ4n) is 2.81. The maximum Gasteiger partial charge on any atom is 0.226 e. The molecule has 0 aliphatic carbocycles. The van der Waals surface area contributed by atoms with E-state index in [0.717, 1.165) is 11.4 Å². The molecule has 0 saturated carbocycles. The maximum atomic E-state index is 13.8. The molecule has 0 spiro atoms.